The number of nitrogens with zero attached hydrogens (tertiary/aromatic N) is 1. The van der Waals surface area contributed by atoms with Crippen LogP contribution in [0.1, 0.15) is 52.9 Å². The van der Waals surface area contributed by atoms with Crippen molar-refractivity contribution in [3.63, 3.8) is 0 Å². The Hall–Kier alpha value is -1.25. The van der Waals surface area contributed by atoms with Gasteiger partial charge in [0, 0.05) is 24.8 Å². The molecule has 2 nitrogen and oxygen atoms in total. The van der Waals surface area contributed by atoms with Gasteiger partial charge in [-0.05, 0) is 49.8 Å². The molecule has 2 atom stereocenters. The number of rotatable bonds is 7. The largest absolute Gasteiger partial charge is 0.382 e. The fraction of sp³-hybridized carbons (Fsp3) is 0.667. The number of anilines is 2. The van der Waals surface area contributed by atoms with E-state index in [9.17, 15) is 4.39 Å². The lowest BCUT2D eigenvalue weighted by Crippen LogP contribution is -2.22. The summed E-state index contributed by atoms with van der Waals surface area (Å²) < 4.78 is 14.3. The van der Waals surface area contributed by atoms with Crippen molar-refractivity contribution in [2.75, 3.05) is 23.3 Å². The van der Waals surface area contributed by atoms with Crippen molar-refractivity contribution in [2.24, 2.45) is 5.92 Å². The highest BCUT2D eigenvalue weighted by Gasteiger charge is 2.17. The van der Waals surface area contributed by atoms with Gasteiger partial charge in [0.2, 0.25) is 0 Å². The topological polar surface area (TPSA) is 15.3 Å². The normalized spacial score (nSPS) is 17.8. The summed E-state index contributed by atoms with van der Waals surface area (Å²) in [5.41, 5.74) is 1.67. The molecule has 0 amide bonds. The van der Waals surface area contributed by atoms with Crippen molar-refractivity contribution in [1.82, 2.24) is 0 Å². The minimum atomic E-state index is -0.0970. The Kier molecular flexibility index (Phi) is 5.89. The van der Waals surface area contributed by atoms with Gasteiger partial charge in [0.25, 0.3) is 0 Å². The molecule has 3 heteroatoms. The molecule has 1 saturated heterocycles. The first-order valence-electron chi connectivity index (χ1n) is 8.45. The van der Waals surface area contributed by atoms with Crippen LogP contribution in [0.25, 0.3) is 0 Å². The zero-order chi connectivity index (χ0) is 15.2. The van der Waals surface area contributed by atoms with Crippen LogP contribution in [0.5, 0.6) is 0 Å². The average Bonchev–Trinajstić information content (AvgIpc) is 3.00. The van der Waals surface area contributed by atoms with E-state index in [1.165, 1.54) is 19.3 Å². The van der Waals surface area contributed by atoms with Crippen molar-refractivity contribution >= 4 is 11.4 Å². The first kappa shape index (κ1) is 16.1. The molecule has 21 heavy (non-hydrogen) atoms. The van der Waals surface area contributed by atoms with Crippen LogP contribution in [0.15, 0.2) is 18.2 Å². The second-order valence-corrected chi connectivity index (χ2v) is 6.36. The molecule has 2 rings (SSSR count). The second-order valence-electron chi connectivity index (χ2n) is 6.36. The summed E-state index contributed by atoms with van der Waals surface area (Å²) >= 11 is 0. The first-order chi connectivity index (χ1) is 10.1. The van der Waals surface area contributed by atoms with Gasteiger partial charge in [0.1, 0.15) is 5.82 Å². The summed E-state index contributed by atoms with van der Waals surface area (Å²) in [6.45, 7) is 8.66. The van der Waals surface area contributed by atoms with Crippen LogP contribution in [0.2, 0.25) is 0 Å². The molecule has 0 radical (unpaired) electrons. The van der Waals surface area contributed by atoms with E-state index in [1.807, 2.05) is 12.1 Å². The highest BCUT2D eigenvalue weighted by Crippen LogP contribution is 2.27. The van der Waals surface area contributed by atoms with Gasteiger partial charge in [-0.15, -0.1) is 0 Å². The van der Waals surface area contributed by atoms with Gasteiger partial charge in [-0.3, -0.25) is 0 Å². The van der Waals surface area contributed by atoms with E-state index in [4.69, 9.17) is 0 Å². The predicted molar refractivity (Wildman–Crippen MR) is 89.6 cm³/mol. The summed E-state index contributed by atoms with van der Waals surface area (Å²) in [7, 11) is 0. The van der Waals surface area contributed by atoms with Crippen LogP contribution in [0.3, 0.4) is 0 Å². The van der Waals surface area contributed by atoms with Gasteiger partial charge in [0.05, 0.1) is 5.69 Å². The van der Waals surface area contributed by atoms with E-state index in [0.29, 0.717) is 12.0 Å². The van der Waals surface area contributed by atoms with Crippen LogP contribution in [-0.2, 0) is 0 Å². The smallest absolute Gasteiger partial charge is 0.148 e. The van der Waals surface area contributed by atoms with Crippen LogP contribution in [0.4, 0.5) is 15.8 Å². The maximum Gasteiger partial charge on any atom is 0.148 e. The summed E-state index contributed by atoms with van der Waals surface area (Å²) in [4.78, 5) is 2.15. The monoisotopic (exact) mass is 292 g/mol. The van der Waals surface area contributed by atoms with Gasteiger partial charge >= 0.3 is 0 Å². The lowest BCUT2D eigenvalue weighted by atomic mass is 9.97. The standard InChI is InChI=1S/C18H29FN2/c1-4-14(3)12-15(5-2)20-16-8-9-18(17(19)13-16)21-10-6-7-11-21/h8-9,13-15,20H,4-7,10-12H2,1-3H3. The zero-order valence-electron chi connectivity index (χ0n) is 13.7. The Bertz CT molecular complexity index is 441. The Balaban J connectivity index is 2.01. The van der Waals surface area contributed by atoms with Crippen LogP contribution in [-0.4, -0.2) is 19.1 Å². The van der Waals surface area contributed by atoms with Crippen molar-refractivity contribution in [3.8, 4) is 0 Å². The molecule has 0 spiro atoms. The molecular formula is C18H29FN2. The van der Waals surface area contributed by atoms with Gasteiger partial charge in [0.15, 0.2) is 0 Å². The van der Waals surface area contributed by atoms with Crippen molar-refractivity contribution in [3.05, 3.63) is 24.0 Å². The Morgan fingerprint density at radius 2 is 1.90 bits per heavy atom. The van der Waals surface area contributed by atoms with Crippen LogP contribution < -0.4 is 10.2 Å². The fourth-order valence-electron chi connectivity index (χ4n) is 3.03. The van der Waals surface area contributed by atoms with E-state index in [1.54, 1.807) is 6.07 Å². The van der Waals surface area contributed by atoms with Crippen LogP contribution >= 0.6 is 0 Å². The molecule has 1 aliphatic heterocycles. The van der Waals surface area contributed by atoms with Crippen molar-refractivity contribution in [2.45, 2.75) is 58.9 Å². The molecule has 1 heterocycles. The van der Waals surface area contributed by atoms with Crippen molar-refractivity contribution in [1.29, 1.82) is 0 Å². The number of benzene rings is 1. The third kappa shape index (κ3) is 4.36. The molecule has 1 aromatic carbocycles. The average molecular weight is 292 g/mol. The molecular weight excluding hydrogens is 263 g/mol. The van der Waals surface area contributed by atoms with E-state index in [-0.39, 0.29) is 5.82 Å². The van der Waals surface area contributed by atoms with E-state index < -0.39 is 0 Å². The Morgan fingerprint density at radius 1 is 1.19 bits per heavy atom. The van der Waals surface area contributed by atoms with Gasteiger partial charge in [-0.25, -0.2) is 4.39 Å². The predicted octanol–water partition coefficient (Wildman–Crippen LogP) is 5.05. The number of hydrogen-bond acceptors (Lipinski definition) is 2. The molecule has 1 aromatic rings. The molecule has 1 aliphatic rings. The third-order valence-corrected chi connectivity index (χ3v) is 4.64. The van der Waals surface area contributed by atoms with Gasteiger partial charge in [-0.2, -0.15) is 0 Å². The Morgan fingerprint density at radius 3 is 2.48 bits per heavy atom. The maximum atomic E-state index is 14.3. The van der Waals surface area contributed by atoms with Crippen molar-refractivity contribution < 1.29 is 4.39 Å². The molecule has 0 saturated carbocycles. The minimum absolute atomic E-state index is 0.0970. The SMILES string of the molecule is CCC(C)CC(CC)Nc1ccc(N2CCCC2)c(F)c1. The molecule has 0 aromatic heterocycles. The Labute approximate surface area is 128 Å². The molecule has 1 N–H and O–H groups in total. The summed E-state index contributed by atoms with van der Waals surface area (Å²) in [5, 5.41) is 3.49. The maximum absolute atomic E-state index is 14.3. The number of halogens is 1. The summed E-state index contributed by atoms with van der Waals surface area (Å²) in [6, 6.07) is 6.04. The highest BCUT2D eigenvalue weighted by atomic mass is 19.1. The van der Waals surface area contributed by atoms with E-state index in [2.05, 4.69) is 31.0 Å². The zero-order valence-corrected chi connectivity index (χ0v) is 13.7. The molecule has 0 aliphatic carbocycles. The van der Waals surface area contributed by atoms with E-state index in [0.717, 1.165) is 37.3 Å². The number of nitrogens with one attached hydrogen (secondary N) is 1. The quantitative estimate of drug-likeness (QED) is 0.756. The molecule has 118 valence electrons. The lowest BCUT2D eigenvalue weighted by Gasteiger charge is -2.23. The summed E-state index contributed by atoms with van der Waals surface area (Å²) in [6.07, 6.45) is 5.75. The first-order valence-corrected chi connectivity index (χ1v) is 8.45. The van der Waals surface area contributed by atoms with E-state index >= 15 is 0 Å². The molecule has 0 bridgehead atoms. The minimum Gasteiger partial charge on any atom is -0.382 e. The highest BCUT2D eigenvalue weighted by molar-refractivity contribution is 5.57. The fourth-order valence-corrected chi connectivity index (χ4v) is 3.03. The second kappa shape index (κ2) is 7.67. The number of hydrogen-bond donors (Lipinski definition) is 1. The van der Waals surface area contributed by atoms with Gasteiger partial charge in [-0.1, -0.05) is 27.2 Å². The third-order valence-electron chi connectivity index (χ3n) is 4.64. The van der Waals surface area contributed by atoms with Gasteiger partial charge < -0.3 is 10.2 Å². The summed E-state index contributed by atoms with van der Waals surface area (Å²) in [5.74, 6) is 0.608. The lowest BCUT2D eigenvalue weighted by molar-refractivity contribution is 0.461. The molecule has 2 unspecified atom stereocenters. The van der Waals surface area contributed by atoms with Crippen LogP contribution in [0, 0.1) is 11.7 Å². The molecule has 1 fully saturated rings.